The maximum atomic E-state index is 6.55. The van der Waals surface area contributed by atoms with E-state index in [0.717, 1.165) is 34.5 Å². The van der Waals surface area contributed by atoms with Gasteiger partial charge in [0.05, 0.1) is 11.0 Å². The first-order valence-electron chi connectivity index (χ1n) is 15.5. The summed E-state index contributed by atoms with van der Waals surface area (Å²) < 4.78 is 2.42. The summed E-state index contributed by atoms with van der Waals surface area (Å²) >= 11 is 0. The SMILES string of the molecule is N/C(=C\C(=C/Cc1ccc(-n2c3ccc4ccccc4c3c3c4ccccc4ccc32)cc1)c1ccccc1)c1ccccc1. The van der Waals surface area contributed by atoms with Crippen molar-refractivity contribution in [1.82, 2.24) is 4.57 Å². The lowest BCUT2D eigenvalue weighted by molar-refractivity contribution is 1.16. The van der Waals surface area contributed by atoms with Gasteiger partial charge < -0.3 is 10.3 Å². The van der Waals surface area contributed by atoms with Crippen LogP contribution in [0.2, 0.25) is 0 Å². The molecule has 1 heterocycles. The van der Waals surface area contributed by atoms with Crippen LogP contribution in [0.3, 0.4) is 0 Å². The first-order valence-corrected chi connectivity index (χ1v) is 15.5. The topological polar surface area (TPSA) is 30.9 Å². The highest BCUT2D eigenvalue weighted by molar-refractivity contribution is 6.28. The molecular formula is C43H32N2. The van der Waals surface area contributed by atoms with Gasteiger partial charge in [-0.25, -0.2) is 0 Å². The molecule has 214 valence electrons. The zero-order chi connectivity index (χ0) is 30.2. The predicted octanol–water partition coefficient (Wildman–Crippen LogP) is 10.7. The second kappa shape index (κ2) is 11.3. The van der Waals surface area contributed by atoms with Gasteiger partial charge in [0.25, 0.3) is 0 Å². The maximum absolute atomic E-state index is 6.55. The van der Waals surface area contributed by atoms with Crippen LogP contribution in [0.4, 0.5) is 0 Å². The van der Waals surface area contributed by atoms with Crippen molar-refractivity contribution in [2.45, 2.75) is 6.42 Å². The van der Waals surface area contributed by atoms with Gasteiger partial charge in [-0.05, 0) is 80.6 Å². The van der Waals surface area contributed by atoms with Crippen molar-refractivity contribution in [1.29, 1.82) is 0 Å². The lowest BCUT2D eigenvalue weighted by Crippen LogP contribution is -1.97. The van der Waals surface area contributed by atoms with Crippen molar-refractivity contribution in [3.63, 3.8) is 0 Å². The standard InChI is InChI=1S/C43H32N2/c44-39(34-15-5-2-6-16-34)29-35(31-11-3-1-4-12-31)22-19-30-20-25-36(26-21-30)45-40-27-23-32-13-7-9-17-37(32)42(40)43-38-18-10-8-14-33(38)24-28-41(43)45/h1-18,20-29H,19,44H2/b35-22+,39-29-. The van der Waals surface area contributed by atoms with E-state index in [1.807, 2.05) is 36.4 Å². The molecule has 0 saturated carbocycles. The smallest absolute Gasteiger partial charge is 0.0547 e. The van der Waals surface area contributed by atoms with Crippen molar-refractivity contribution in [3.8, 4) is 5.69 Å². The van der Waals surface area contributed by atoms with Crippen molar-refractivity contribution >= 4 is 54.6 Å². The van der Waals surface area contributed by atoms with Gasteiger partial charge in [0.2, 0.25) is 0 Å². The van der Waals surface area contributed by atoms with Crippen LogP contribution in [0.25, 0.3) is 60.3 Å². The normalized spacial score (nSPS) is 12.4. The average Bonchev–Trinajstić information content (AvgIpc) is 3.46. The Morgan fingerprint density at radius 3 is 1.60 bits per heavy atom. The summed E-state index contributed by atoms with van der Waals surface area (Å²) in [5.74, 6) is 0. The largest absolute Gasteiger partial charge is 0.398 e. The minimum absolute atomic E-state index is 0.757. The number of allylic oxidation sites excluding steroid dienone is 3. The van der Waals surface area contributed by atoms with Crippen molar-refractivity contribution < 1.29 is 0 Å². The maximum Gasteiger partial charge on any atom is 0.0547 e. The Morgan fingerprint density at radius 1 is 0.511 bits per heavy atom. The fourth-order valence-electron chi connectivity index (χ4n) is 6.61. The highest BCUT2D eigenvalue weighted by Gasteiger charge is 2.17. The molecule has 0 aliphatic rings. The quantitative estimate of drug-likeness (QED) is 0.196. The minimum atomic E-state index is 0.757. The first-order chi connectivity index (χ1) is 22.2. The molecule has 0 fully saturated rings. The third-order valence-electron chi connectivity index (χ3n) is 8.82. The number of fused-ring (bicyclic) bond motifs is 7. The molecule has 2 nitrogen and oxygen atoms in total. The average molecular weight is 577 g/mol. The molecule has 0 radical (unpaired) electrons. The van der Waals surface area contributed by atoms with Gasteiger partial charge in [-0.1, -0.05) is 140 Å². The van der Waals surface area contributed by atoms with E-state index in [1.54, 1.807) is 0 Å². The van der Waals surface area contributed by atoms with Crippen molar-refractivity contribution in [3.05, 3.63) is 187 Å². The number of hydrogen-bond acceptors (Lipinski definition) is 1. The highest BCUT2D eigenvalue weighted by atomic mass is 15.0. The van der Waals surface area contributed by atoms with Gasteiger partial charge in [0.1, 0.15) is 0 Å². The van der Waals surface area contributed by atoms with Crippen LogP contribution < -0.4 is 5.73 Å². The van der Waals surface area contributed by atoms with E-state index in [2.05, 4.69) is 138 Å². The van der Waals surface area contributed by atoms with Gasteiger partial charge >= 0.3 is 0 Å². The summed E-state index contributed by atoms with van der Waals surface area (Å²) in [5, 5.41) is 7.70. The molecule has 1 aromatic heterocycles. The number of aromatic nitrogens is 1. The second-order valence-corrected chi connectivity index (χ2v) is 11.6. The Balaban J connectivity index is 1.22. The Hall–Kier alpha value is -5.86. The molecule has 2 N–H and O–H groups in total. The monoisotopic (exact) mass is 576 g/mol. The van der Waals surface area contributed by atoms with Gasteiger partial charge in [-0.3, -0.25) is 0 Å². The molecule has 8 aromatic rings. The Labute approximate surface area is 263 Å². The lowest BCUT2D eigenvalue weighted by atomic mass is 10.00. The van der Waals surface area contributed by atoms with E-state index in [0.29, 0.717) is 0 Å². The molecule has 0 atom stereocenters. The van der Waals surface area contributed by atoms with Crippen LogP contribution in [0.5, 0.6) is 0 Å². The van der Waals surface area contributed by atoms with Gasteiger partial charge in [0, 0.05) is 22.2 Å². The molecule has 2 heteroatoms. The first kappa shape index (κ1) is 26.7. The zero-order valence-electron chi connectivity index (χ0n) is 24.9. The van der Waals surface area contributed by atoms with Crippen LogP contribution >= 0.6 is 0 Å². The Morgan fingerprint density at radius 2 is 1.02 bits per heavy atom. The summed E-state index contributed by atoms with van der Waals surface area (Å²) in [4.78, 5) is 0. The summed E-state index contributed by atoms with van der Waals surface area (Å²) in [6.45, 7) is 0. The summed E-state index contributed by atoms with van der Waals surface area (Å²) in [7, 11) is 0. The van der Waals surface area contributed by atoms with Crippen LogP contribution in [0.1, 0.15) is 16.7 Å². The number of hydrogen-bond donors (Lipinski definition) is 1. The summed E-state index contributed by atoms with van der Waals surface area (Å²) in [6, 6.07) is 56.1. The molecule has 0 unspecified atom stereocenters. The third kappa shape index (κ3) is 4.87. The third-order valence-corrected chi connectivity index (χ3v) is 8.82. The molecular weight excluding hydrogens is 544 g/mol. The number of benzene rings is 7. The fraction of sp³-hybridized carbons (Fsp3) is 0.0233. The Kier molecular flexibility index (Phi) is 6.73. The molecule has 0 aliphatic heterocycles. The molecule has 7 aromatic carbocycles. The van der Waals surface area contributed by atoms with Crippen LogP contribution in [0, 0.1) is 0 Å². The van der Waals surface area contributed by atoms with E-state index in [1.165, 1.54) is 48.9 Å². The van der Waals surface area contributed by atoms with Crippen LogP contribution in [-0.2, 0) is 6.42 Å². The van der Waals surface area contributed by atoms with E-state index >= 15 is 0 Å². The molecule has 0 spiro atoms. The van der Waals surface area contributed by atoms with Crippen LogP contribution in [-0.4, -0.2) is 4.57 Å². The number of rotatable bonds is 6. The molecule has 8 rings (SSSR count). The molecule has 0 bridgehead atoms. The minimum Gasteiger partial charge on any atom is -0.398 e. The van der Waals surface area contributed by atoms with Gasteiger partial charge in [0.15, 0.2) is 0 Å². The predicted molar refractivity (Wildman–Crippen MR) is 193 cm³/mol. The second-order valence-electron chi connectivity index (χ2n) is 11.6. The van der Waals surface area contributed by atoms with Crippen LogP contribution in [0.15, 0.2) is 170 Å². The molecule has 45 heavy (non-hydrogen) atoms. The fourth-order valence-corrected chi connectivity index (χ4v) is 6.61. The zero-order valence-corrected chi connectivity index (χ0v) is 24.9. The summed E-state index contributed by atoms with van der Waals surface area (Å²) in [6.07, 6.45) is 5.16. The van der Waals surface area contributed by atoms with E-state index in [9.17, 15) is 0 Å². The number of nitrogens with zero attached hydrogens (tertiary/aromatic N) is 1. The lowest BCUT2D eigenvalue weighted by Gasteiger charge is -2.10. The molecule has 0 amide bonds. The van der Waals surface area contributed by atoms with Crippen molar-refractivity contribution in [2.24, 2.45) is 5.73 Å². The van der Waals surface area contributed by atoms with E-state index in [-0.39, 0.29) is 0 Å². The summed E-state index contributed by atoms with van der Waals surface area (Å²) in [5.41, 5.74) is 15.4. The number of nitrogens with two attached hydrogens (primary N) is 1. The van der Waals surface area contributed by atoms with E-state index < -0.39 is 0 Å². The molecule has 0 aliphatic carbocycles. The Bertz CT molecular complexity index is 2280. The van der Waals surface area contributed by atoms with Gasteiger partial charge in [-0.2, -0.15) is 0 Å². The van der Waals surface area contributed by atoms with E-state index in [4.69, 9.17) is 5.73 Å². The van der Waals surface area contributed by atoms with Gasteiger partial charge in [-0.15, -0.1) is 0 Å². The molecule has 0 saturated heterocycles. The van der Waals surface area contributed by atoms with Crippen molar-refractivity contribution in [2.75, 3.05) is 0 Å². The highest BCUT2D eigenvalue weighted by Crippen LogP contribution is 2.40.